The Morgan fingerprint density at radius 2 is 1.68 bits per heavy atom. The van der Waals surface area contributed by atoms with Crippen LogP contribution in [0.4, 0.5) is 0 Å². The van der Waals surface area contributed by atoms with Gasteiger partial charge in [0, 0.05) is 12.3 Å². The molecule has 0 nitrogen and oxygen atoms in total. The smallest absolute Gasteiger partial charge is 0.0243 e. The molecule has 22 heavy (non-hydrogen) atoms. The first-order chi connectivity index (χ1) is 10.8. The Labute approximate surface area is 139 Å². The molecular formula is C22H34. The second kappa shape index (κ2) is 13.2. The monoisotopic (exact) mass is 298 g/mol. The van der Waals surface area contributed by atoms with Crippen LogP contribution >= 0.6 is 0 Å². The van der Waals surface area contributed by atoms with E-state index in [4.69, 9.17) is 0 Å². The summed E-state index contributed by atoms with van der Waals surface area (Å²) in [5.74, 6) is 7.32. The summed E-state index contributed by atoms with van der Waals surface area (Å²) in [6, 6.07) is 8.80. The largest absolute Gasteiger partial charge is 0.103 e. The lowest BCUT2D eigenvalue weighted by Crippen LogP contribution is -2.03. The van der Waals surface area contributed by atoms with Crippen molar-refractivity contribution in [3.8, 4) is 11.8 Å². The number of rotatable bonds is 3. The highest BCUT2D eigenvalue weighted by molar-refractivity contribution is 5.61. The molecule has 0 heterocycles. The first-order valence-corrected chi connectivity index (χ1v) is 8.99. The summed E-state index contributed by atoms with van der Waals surface area (Å²) in [5.41, 5.74) is 3.77. The van der Waals surface area contributed by atoms with Crippen molar-refractivity contribution < 1.29 is 0 Å². The maximum atomic E-state index is 3.97. The van der Waals surface area contributed by atoms with Crippen molar-refractivity contribution in [2.24, 2.45) is 5.92 Å². The molecule has 0 heteroatoms. The summed E-state index contributed by atoms with van der Waals surface area (Å²) < 4.78 is 0. The lowest BCUT2D eigenvalue weighted by Gasteiger charge is -2.13. The van der Waals surface area contributed by atoms with Crippen LogP contribution in [0.5, 0.6) is 0 Å². The van der Waals surface area contributed by atoms with Crippen LogP contribution in [0.15, 0.2) is 30.8 Å². The van der Waals surface area contributed by atoms with E-state index in [0.29, 0.717) is 5.92 Å². The molecule has 122 valence electrons. The van der Waals surface area contributed by atoms with E-state index < -0.39 is 0 Å². The highest BCUT2D eigenvalue weighted by Gasteiger charge is 2.08. The molecule has 0 aromatic heterocycles. The van der Waals surface area contributed by atoms with E-state index in [1.807, 2.05) is 27.7 Å². The Kier molecular flexibility index (Phi) is 12.3. The normalized spacial score (nSPS) is 16.3. The molecular weight excluding hydrogens is 264 g/mol. The minimum atomic E-state index is 0.556. The molecule has 0 saturated heterocycles. The summed E-state index contributed by atoms with van der Waals surface area (Å²) in [4.78, 5) is 0. The molecule has 1 aliphatic rings. The molecule has 0 spiro atoms. The Morgan fingerprint density at radius 1 is 1.05 bits per heavy atom. The quantitative estimate of drug-likeness (QED) is 0.532. The summed E-state index contributed by atoms with van der Waals surface area (Å²) in [7, 11) is 0. The van der Waals surface area contributed by atoms with Crippen molar-refractivity contribution in [1.29, 1.82) is 0 Å². The fraction of sp³-hybridized carbons (Fsp3) is 0.545. The van der Waals surface area contributed by atoms with Crippen LogP contribution in [0, 0.1) is 17.8 Å². The summed E-state index contributed by atoms with van der Waals surface area (Å²) in [6.45, 7) is 14.0. The lowest BCUT2D eigenvalue weighted by atomic mass is 9.92. The van der Waals surface area contributed by atoms with Gasteiger partial charge in [-0.25, -0.2) is 0 Å². The van der Waals surface area contributed by atoms with Crippen molar-refractivity contribution in [3.05, 3.63) is 42.0 Å². The van der Waals surface area contributed by atoms with Crippen molar-refractivity contribution in [3.63, 3.8) is 0 Å². The number of hydrogen-bond donors (Lipinski definition) is 0. The predicted molar refractivity (Wildman–Crippen MR) is 102 cm³/mol. The summed E-state index contributed by atoms with van der Waals surface area (Å²) in [5, 5.41) is 0. The fourth-order valence-corrected chi connectivity index (χ4v) is 2.43. The Morgan fingerprint density at radius 3 is 2.27 bits per heavy atom. The van der Waals surface area contributed by atoms with Gasteiger partial charge in [-0.05, 0) is 37.3 Å². The summed E-state index contributed by atoms with van der Waals surface area (Å²) in [6.07, 6.45) is 7.42. The molecule has 0 aliphatic heterocycles. The average molecular weight is 299 g/mol. The van der Waals surface area contributed by atoms with Crippen LogP contribution in [0.2, 0.25) is 0 Å². The van der Waals surface area contributed by atoms with Crippen LogP contribution in [0.3, 0.4) is 0 Å². The van der Waals surface area contributed by atoms with Crippen LogP contribution in [-0.4, -0.2) is 0 Å². The van der Waals surface area contributed by atoms with E-state index in [1.54, 1.807) is 0 Å². The third kappa shape index (κ3) is 8.08. The number of allylic oxidation sites excluding steroid dienone is 1. The van der Waals surface area contributed by atoms with Gasteiger partial charge in [-0.3, -0.25) is 0 Å². The molecule has 0 radical (unpaired) electrons. The van der Waals surface area contributed by atoms with E-state index in [0.717, 1.165) is 18.4 Å². The molecule has 1 aromatic rings. The minimum absolute atomic E-state index is 0.556. The standard InChI is InChI=1S/C18H22.2C2H6/c1-15(2)18-12-10-17(11-13-18)14-16-8-6-4-3-5-7-9-16;2*1-2/h10-13,16H,1,3-6,8,14H2,2H3;2*1-2H3. The zero-order valence-corrected chi connectivity index (χ0v) is 15.3. The van der Waals surface area contributed by atoms with E-state index >= 15 is 0 Å². The van der Waals surface area contributed by atoms with Gasteiger partial charge in [-0.1, -0.05) is 82.9 Å². The first-order valence-electron chi connectivity index (χ1n) is 8.99. The van der Waals surface area contributed by atoms with Crippen LogP contribution in [0.25, 0.3) is 5.57 Å². The van der Waals surface area contributed by atoms with Crippen LogP contribution in [0.1, 0.15) is 77.8 Å². The van der Waals surface area contributed by atoms with Gasteiger partial charge in [-0.15, -0.1) is 5.92 Å². The fourth-order valence-electron chi connectivity index (χ4n) is 2.43. The lowest BCUT2D eigenvalue weighted by molar-refractivity contribution is 0.537. The molecule has 0 fully saturated rings. The average Bonchev–Trinajstić information content (AvgIpc) is 2.54. The topological polar surface area (TPSA) is 0 Å². The van der Waals surface area contributed by atoms with E-state index in [2.05, 4.69) is 49.6 Å². The van der Waals surface area contributed by atoms with E-state index in [9.17, 15) is 0 Å². The maximum Gasteiger partial charge on any atom is 0.0243 e. The van der Waals surface area contributed by atoms with E-state index in [1.165, 1.54) is 36.8 Å². The second-order valence-electron chi connectivity index (χ2n) is 5.30. The summed E-state index contributed by atoms with van der Waals surface area (Å²) >= 11 is 0. The van der Waals surface area contributed by atoms with Crippen molar-refractivity contribution >= 4 is 5.57 Å². The maximum absolute atomic E-state index is 3.97. The zero-order chi connectivity index (χ0) is 16.8. The third-order valence-electron chi connectivity index (χ3n) is 3.59. The first kappa shape index (κ1) is 20.5. The van der Waals surface area contributed by atoms with Crippen LogP contribution in [-0.2, 0) is 6.42 Å². The predicted octanol–water partition coefficient (Wildman–Crippen LogP) is 6.90. The Hall–Kier alpha value is -1.48. The van der Waals surface area contributed by atoms with Gasteiger partial charge in [0.05, 0.1) is 0 Å². The second-order valence-corrected chi connectivity index (χ2v) is 5.30. The molecule has 2 rings (SSSR count). The highest BCUT2D eigenvalue weighted by Crippen LogP contribution is 2.19. The van der Waals surface area contributed by atoms with Crippen LogP contribution < -0.4 is 0 Å². The van der Waals surface area contributed by atoms with Gasteiger partial charge in [0.1, 0.15) is 0 Å². The zero-order valence-electron chi connectivity index (χ0n) is 15.3. The Bertz CT molecular complexity index is 453. The van der Waals surface area contributed by atoms with Gasteiger partial charge in [0.25, 0.3) is 0 Å². The number of benzene rings is 1. The molecule has 1 aromatic carbocycles. The van der Waals surface area contributed by atoms with Gasteiger partial charge in [0.2, 0.25) is 0 Å². The molecule has 0 N–H and O–H groups in total. The Balaban J connectivity index is 0.00000102. The molecule has 0 bridgehead atoms. The highest BCUT2D eigenvalue weighted by atomic mass is 14.1. The third-order valence-corrected chi connectivity index (χ3v) is 3.59. The van der Waals surface area contributed by atoms with Crippen molar-refractivity contribution in [1.82, 2.24) is 0 Å². The minimum Gasteiger partial charge on any atom is -0.103 e. The molecule has 1 unspecified atom stereocenters. The SMILES string of the molecule is C=C(C)c1ccc(CC2C#CCCCCC2)cc1.CC.CC. The molecule has 0 saturated carbocycles. The van der Waals surface area contributed by atoms with Gasteiger partial charge in [0.15, 0.2) is 0 Å². The van der Waals surface area contributed by atoms with Gasteiger partial charge >= 0.3 is 0 Å². The number of hydrogen-bond acceptors (Lipinski definition) is 0. The van der Waals surface area contributed by atoms with Gasteiger partial charge < -0.3 is 0 Å². The van der Waals surface area contributed by atoms with Gasteiger partial charge in [-0.2, -0.15) is 0 Å². The molecule has 1 aliphatic carbocycles. The van der Waals surface area contributed by atoms with Crippen molar-refractivity contribution in [2.75, 3.05) is 0 Å². The molecule has 1 atom stereocenters. The molecule has 0 amide bonds. The van der Waals surface area contributed by atoms with Crippen molar-refractivity contribution in [2.45, 2.75) is 73.1 Å². The van der Waals surface area contributed by atoms with E-state index in [-0.39, 0.29) is 0 Å².